The third kappa shape index (κ3) is 6.20. The molecule has 4 aromatic rings. The molecule has 1 heterocycles. The Hall–Kier alpha value is -3.17. The van der Waals surface area contributed by atoms with Crippen LogP contribution < -0.4 is 19.8 Å². The highest BCUT2D eigenvalue weighted by atomic mass is 79.9. The SMILES string of the molecule is COc1cc(C=Nn2c(C3CCCCC3)nc3ccc(Br)cc3c2=O)cc(OC)c1OCc1ccc(Br)cc1. The van der Waals surface area contributed by atoms with Gasteiger partial charge in [-0.2, -0.15) is 9.78 Å². The maximum absolute atomic E-state index is 13.6. The number of benzene rings is 3. The van der Waals surface area contributed by atoms with Gasteiger partial charge in [-0.25, -0.2) is 4.98 Å². The molecule has 1 fully saturated rings. The van der Waals surface area contributed by atoms with Crippen molar-refractivity contribution in [3.8, 4) is 17.2 Å². The predicted molar refractivity (Wildman–Crippen MR) is 161 cm³/mol. The van der Waals surface area contributed by atoms with Crippen LogP contribution in [0.25, 0.3) is 10.9 Å². The Bertz CT molecular complexity index is 1540. The highest BCUT2D eigenvalue weighted by Crippen LogP contribution is 2.39. The summed E-state index contributed by atoms with van der Waals surface area (Å²) in [7, 11) is 3.16. The van der Waals surface area contributed by atoms with Gasteiger partial charge in [0.1, 0.15) is 12.4 Å². The van der Waals surface area contributed by atoms with Crippen molar-refractivity contribution in [3.63, 3.8) is 0 Å². The van der Waals surface area contributed by atoms with Crippen LogP contribution in [0.1, 0.15) is 55.0 Å². The first-order valence-corrected chi connectivity index (χ1v) is 14.4. The lowest BCUT2D eigenvalue weighted by Crippen LogP contribution is -2.25. The molecule has 0 bridgehead atoms. The number of fused-ring (bicyclic) bond motifs is 1. The van der Waals surface area contributed by atoms with Gasteiger partial charge in [0.25, 0.3) is 5.56 Å². The van der Waals surface area contributed by atoms with Crippen LogP contribution in [0.2, 0.25) is 0 Å². The zero-order chi connectivity index (χ0) is 27.4. The van der Waals surface area contributed by atoms with Crippen LogP contribution in [0.4, 0.5) is 0 Å². The molecule has 0 atom stereocenters. The average molecular weight is 655 g/mol. The Balaban J connectivity index is 1.51. The largest absolute Gasteiger partial charge is 0.493 e. The quantitative estimate of drug-likeness (QED) is 0.185. The molecule has 202 valence electrons. The van der Waals surface area contributed by atoms with Gasteiger partial charge >= 0.3 is 0 Å². The number of methoxy groups -OCH3 is 2. The fraction of sp³-hybridized carbons (Fsp3) is 0.300. The van der Waals surface area contributed by atoms with Crippen LogP contribution >= 0.6 is 31.9 Å². The second-order valence-corrected chi connectivity index (χ2v) is 11.3. The minimum Gasteiger partial charge on any atom is -0.493 e. The Kier molecular flexibility index (Phi) is 8.67. The average Bonchev–Trinajstić information content (AvgIpc) is 2.96. The summed E-state index contributed by atoms with van der Waals surface area (Å²) < 4.78 is 20.7. The molecule has 0 aliphatic heterocycles. The number of halogens is 2. The molecule has 39 heavy (non-hydrogen) atoms. The number of rotatable bonds is 8. The highest BCUT2D eigenvalue weighted by Gasteiger charge is 2.23. The van der Waals surface area contributed by atoms with Gasteiger partial charge in [0, 0.05) is 20.4 Å². The molecule has 1 aliphatic carbocycles. The van der Waals surface area contributed by atoms with E-state index < -0.39 is 0 Å². The number of hydrogen-bond donors (Lipinski definition) is 0. The van der Waals surface area contributed by atoms with Crippen molar-refractivity contribution in [2.45, 2.75) is 44.6 Å². The third-order valence-corrected chi connectivity index (χ3v) is 7.93. The maximum atomic E-state index is 13.6. The van der Waals surface area contributed by atoms with Gasteiger partial charge in [-0.1, -0.05) is 63.3 Å². The number of nitrogens with zero attached hydrogens (tertiary/aromatic N) is 3. The number of aromatic nitrogens is 2. The molecular weight excluding hydrogens is 626 g/mol. The Morgan fingerprint density at radius 1 is 0.949 bits per heavy atom. The monoisotopic (exact) mass is 653 g/mol. The van der Waals surface area contributed by atoms with Crippen molar-refractivity contribution in [2.24, 2.45) is 5.10 Å². The van der Waals surface area contributed by atoms with Crippen molar-refractivity contribution in [3.05, 3.63) is 90.8 Å². The minimum absolute atomic E-state index is 0.188. The minimum atomic E-state index is -0.188. The summed E-state index contributed by atoms with van der Waals surface area (Å²) in [5.41, 5.74) is 2.21. The van der Waals surface area contributed by atoms with Gasteiger partial charge in [0.2, 0.25) is 5.75 Å². The third-order valence-electron chi connectivity index (χ3n) is 6.91. The molecule has 0 N–H and O–H groups in total. The number of hydrogen-bond acceptors (Lipinski definition) is 6. The molecule has 3 aromatic carbocycles. The van der Waals surface area contributed by atoms with Gasteiger partial charge < -0.3 is 14.2 Å². The zero-order valence-electron chi connectivity index (χ0n) is 21.8. The second-order valence-electron chi connectivity index (χ2n) is 9.50. The van der Waals surface area contributed by atoms with E-state index in [-0.39, 0.29) is 11.5 Å². The van der Waals surface area contributed by atoms with Crippen LogP contribution in [0.15, 0.2) is 73.4 Å². The van der Waals surface area contributed by atoms with Crippen molar-refractivity contribution < 1.29 is 14.2 Å². The molecule has 0 spiro atoms. The van der Waals surface area contributed by atoms with Crippen molar-refractivity contribution in [1.82, 2.24) is 9.66 Å². The van der Waals surface area contributed by atoms with Crippen LogP contribution in [-0.2, 0) is 6.61 Å². The first-order chi connectivity index (χ1) is 19.0. The molecule has 7 nitrogen and oxygen atoms in total. The van der Waals surface area contributed by atoms with E-state index in [4.69, 9.17) is 19.2 Å². The summed E-state index contributed by atoms with van der Waals surface area (Å²) in [5.74, 6) is 2.41. The van der Waals surface area contributed by atoms with E-state index in [1.54, 1.807) is 26.5 Å². The second kappa shape index (κ2) is 12.3. The standard InChI is InChI=1S/C30H29Br2N3O4/c1-37-26-14-20(15-27(38-2)28(26)39-18-19-8-10-22(31)11-9-19)17-33-35-29(21-6-4-3-5-7-21)34-25-13-12-23(32)16-24(25)30(35)36/h8-17,21H,3-7,18H2,1-2H3. The fourth-order valence-electron chi connectivity index (χ4n) is 4.88. The van der Waals surface area contributed by atoms with Crippen LogP contribution in [0.3, 0.4) is 0 Å². The van der Waals surface area contributed by atoms with E-state index >= 15 is 0 Å². The predicted octanol–water partition coefficient (Wildman–Crippen LogP) is 7.45. The summed E-state index contributed by atoms with van der Waals surface area (Å²) in [6, 6.07) is 17.1. The molecule has 0 unspecified atom stereocenters. The fourth-order valence-corrected chi connectivity index (χ4v) is 5.51. The lowest BCUT2D eigenvalue weighted by molar-refractivity contribution is 0.266. The van der Waals surface area contributed by atoms with E-state index in [0.29, 0.717) is 46.1 Å². The van der Waals surface area contributed by atoms with Gasteiger partial charge in [-0.15, -0.1) is 0 Å². The molecule has 1 aliphatic rings. The summed E-state index contributed by atoms with van der Waals surface area (Å²) in [4.78, 5) is 18.5. The van der Waals surface area contributed by atoms with E-state index in [1.165, 1.54) is 11.1 Å². The molecule has 0 saturated heterocycles. The molecule has 5 rings (SSSR count). The van der Waals surface area contributed by atoms with Gasteiger partial charge in [0.15, 0.2) is 11.5 Å². The van der Waals surface area contributed by atoms with Crippen LogP contribution in [0.5, 0.6) is 17.2 Å². The lowest BCUT2D eigenvalue weighted by atomic mass is 9.88. The molecule has 9 heteroatoms. The van der Waals surface area contributed by atoms with E-state index in [1.807, 2.05) is 48.5 Å². The van der Waals surface area contributed by atoms with Crippen LogP contribution in [0, 0.1) is 0 Å². The van der Waals surface area contributed by atoms with Crippen LogP contribution in [-0.4, -0.2) is 30.1 Å². The summed E-state index contributed by atoms with van der Waals surface area (Å²) in [6.45, 7) is 0.353. The smallest absolute Gasteiger partial charge is 0.282 e. The molecule has 0 amide bonds. The zero-order valence-corrected chi connectivity index (χ0v) is 25.0. The first-order valence-electron chi connectivity index (χ1n) is 12.9. The summed E-state index contributed by atoms with van der Waals surface area (Å²) in [5, 5.41) is 5.18. The normalized spacial score (nSPS) is 14.2. The topological polar surface area (TPSA) is 74.9 Å². The molecule has 1 aromatic heterocycles. The van der Waals surface area contributed by atoms with Crippen molar-refractivity contribution >= 4 is 49.0 Å². The Labute approximate surface area is 244 Å². The molecule has 1 saturated carbocycles. The van der Waals surface area contributed by atoms with E-state index in [9.17, 15) is 4.79 Å². The van der Waals surface area contributed by atoms with Gasteiger partial charge in [-0.05, 0) is 60.9 Å². The van der Waals surface area contributed by atoms with E-state index in [0.717, 1.165) is 40.2 Å². The van der Waals surface area contributed by atoms with Crippen molar-refractivity contribution in [1.29, 1.82) is 0 Å². The molecule has 0 radical (unpaired) electrons. The van der Waals surface area contributed by atoms with Crippen molar-refractivity contribution in [2.75, 3.05) is 14.2 Å². The maximum Gasteiger partial charge on any atom is 0.282 e. The Morgan fingerprint density at radius 2 is 1.62 bits per heavy atom. The highest BCUT2D eigenvalue weighted by molar-refractivity contribution is 9.10. The van der Waals surface area contributed by atoms with Gasteiger partial charge in [0.05, 0.1) is 31.3 Å². The number of ether oxygens (including phenoxy) is 3. The van der Waals surface area contributed by atoms with Gasteiger partial charge in [-0.3, -0.25) is 4.79 Å². The lowest BCUT2D eigenvalue weighted by Gasteiger charge is -2.22. The first kappa shape index (κ1) is 27.4. The molecular formula is C30H29Br2N3O4. The summed E-state index contributed by atoms with van der Waals surface area (Å²) in [6.07, 6.45) is 7.09. The van der Waals surface area contributed by atoms with E-state index in [2.05, 4.69) is 37.0 Å². The Morgan fingerprint density at radius 3 is 2.28 bits per heavy atom. The summed E-state index contributed by atoms with van der Waals surface area (Å²) >= 11 is 6.93.